The number of hydrogen-bond acceptors (Lipinski definition) is 3. The molecular weight excluding hydrogens is 278 g/mol. The second-order valence-corrected chi connectivity index (χ2v) is 6.76. The normalized spacial score (nSPS) is 15.6. The number of carbonyl (C=O) groups excluding carboxylic acids is 2. The third kappa shape index (κ3) is 4.00. The Morgan fingerprint density at radius 3 is 2.00 bits per heavy atom. The minimum Gasteiger partial charge on any atom is -0.368 e. The van der Waals surface area contributed by atoms with Gasteiger partial charge in [-0.15, -0.1) is 0 Å². The van der Waals surface area contributed by atoms with Gasteiger partial charge in [0.2, 0.25) is 11.8 Å². The van der Waals surface area contributed by atoms with Crippen molar-refractivity contribution in [2.24, 2.45) is 5.41 Å². The van der Waals surface area contributed by atoms with E-state index >= 15 is 0 Å². The second kappa shape index (κ2) is 6.38. The summed E-state index contributed by atoms with van der Waals surface area (Å²) >= 11 is 0. The number of hydrogen-bond donors (Lipinski definition) is 1. The van der Waals surface area contributed by atoms with Gasteiger partial charge in [0, 0.05) is 49.9 Å². The number of piperazine rings is 1. The lowest BCUT2D eigenvalue weighted by Gasteiger charge is -2.38. The lowest BCUT2D eigenvalue weighted by atomic mass is 9.94. The Bertz CT molecular complexity index is 538. The first-order valence-corrected chi connectivity index (χ1v) is 7.69. The number of nitrogens with zero attached hydrogens (tertiary/aromatic N) is 2. The van der Waals surface area contributed by atoms with Crippen molar-refractivity contribution >= 4 is 23.2 Å². The molecule has 0 saturated carbocycles. The number of benzene rings is 1. The molecule has 2 amide bonds. The summed E-state index contributed by atoms with van der Waals surface area (Å²) < 4.78 is 0. The van der Waals surface area contributed by atoms with Gasteiger partial charge in [0.05, 0.1) is 0 Å². The van der Waals surface area contributed by atoms with E-state index in [-0.39, 0.29) is 17.2 Å². The van der Waals surface area contributed by atoms with Crippen LogP contribution in [0.1, 0.15) is 27.7 Å². The standard InChI is InChI=1S/C17H25N3O2/c1-13(21)18-14-5-7-15(8-6-14)19-9-11-20(12-10-19)16(22)17(2,3)4/h5-8H,9-12H2,1-4H3,(H,18,21). The first kappa shape index (κ1) is 16.3. The first-order chi connectivity index (χ1) is 10.3. The average Bonchev–Trinajstić information content (AvgIpc) is 2.46. The van der Waals surface area contributed by atoms with Gasteiger partial charge < -0.3 is 15.1 Å². The number of carbonyl (C=O) groups is 2. The van der Waals surface area contributed by atoms with Gasteiger partial charge in [-0.25, -0.2) is 0 Å². The maximum absolute atomic E-state index is 12.3. The van der Waals surface area contributed by atoms with Crippen molar-refractivity contribution in [3.05, 3.63) is 24.3 Å². The fourth-order valence-corrected chi connectivity index (χ4v) is 2.60. The molecule has 0 spiro atoms. The van der Waals surface area contributed by atoms with Crippen molar-refractivity contribution in [2.45, 2.75) is 27.7 Å². The number of anilines is 2. The van der Waals surface area contributed by atoms with E-state index in [0.717, 1.165) is 37.6 Å². The molecule has 22 heavy (non-hydrogen) atoms. The summed E-state index contributed by atoms with van der Waals surface area (Å²) in [5, 5.41) is 2.76. The zero-order valence-electron chi connectivity index (χ0n) is 13.8. The molecule has 1 heterocycles. The van der Waals surface area contributed by atoms with Crippen LogP contribution in [-0.4, -0.2) is 42.9 Å². The van der Waals surface area contributed by atoms with Crippen LogP contribution in [0.15, 0.2) is 24.3 Å². The molecule has 1 aromatic rings. The first-order valence-electron chi connectivity index (χ1n) is 7.69. The molecule has 1 N–H and O–H groups in total. The Kier molecular flexibility index (Phi) is 4.74. The summed E-state index contributed by atoms with van der Waals surface area (Å²) in [6, 6.07) is 7.83. The van der Waals surface area contributed by atoms with Gasteiger partial charge >= 0.3 is 0 Å². The quantitative estimate of drug-likeness (QED) is 0.912. The van der Waals surface area contributed by atoms with Crippen LogP contribution >= 0.6 is 0 Å². The molecule has 1 aromatic carbocycles. The third-order valence-electron chi connectivity index (χ3n) is 3.76. The number of amides is 2. The van der Waals surface area contributed by atoms with Crippen molar-refractivity contribution in [1.29, 1.82) is 0 Å². The molecule has 1 saturated heterocycles. The lowest BCUT2D eigenvalue weighted by molar-refractivity contribution is -0.139. The molecule has 120 valence electrons. The van der Waals surface area contributed by atoms with E-state index in [1.165, 1.54) is 6.92 Å². The summed E-state index contributed by atoms with van der Waals surface area (Å²) in [6.07, 6.45) is 0. The van der Waals surface area contributed by atoms with Crippen molar-refractivity contribution in [3.63, 3.8) is 0 Å². The van der Waals surface area contributed by atoms with Crippen LogP contribution < -0.4 is 10.2 Å². The minimum absolute atomic E-state index is 0.0675. The molecule has 0 atom stereocenters. The molecular formula is C17H25N3O2. The monoisotopic (exact) mass is 303 g/mol. The van der Waals surface area contributed by atoms with Crippen LogP contribution in [0.2, 0.25) is 0 Å². The van der Waals surface area contributed by atoms with Gasteiger partial charge in [-0.2, -0.15) is 0 Å². The molecule has 0 bridgehead atoms. The van der Waals surface area contributed by atoms with E-state index in [1.807, 2.05) is 49.9 Å². The second-order valence-electron chi connectivity index (χ2n) is 6.76. The van der Waals surface area contributed by atoms with Crippen molar-refractivity contribution in [3.8, 4) is 0 Å². The molecule has 5 nitrogen and oxygen atoms in total. The van der Waals surface area contributed by atoms with Crippen LogP contribution in [0.4, 0.5) is 11.4 Å². The molecule has 0 unspecified atom stereocenters. The van der Waals surface area contributed by atoms with E-state index in [1.54, 1.807) is 0 Å². The molecule has 1 aliphatic rings. The Morgan fingerprint density at radius 2 is 1.55 bits per heavy atom. The fourth-order valence-electron chi connectivity index (χ4n) is 2.60. The maximum atomic E-state index is 12.3. The Morgan fingerprint density at radius 1 is 1.00 bits per heavy atom. The third-order valence-corrected chi connectivity index (χ3v) is 3.76. The molecule has 0 aliphatic carbocycles. The zero-order chi connectivity index (χ0) is 16.3. The Hall–Kier alpha value is -2.04. The summed E-state index contributed by atoms with van der Waals surface area (Å²) in [4.78, 5) is 27.5. The SMILES string of the molecule is CC(=O)Nc1ccc(N2CCN(C(=O)C(C)(C)C)CC2)cc1. The van der Waals surface area contributed by atoms with Crippen LogP contribution in [0, 0.1) is 5.41 Å². The lowest BCUT2D eigenvalue weighted by Crippen LogP contribution is -2.51. The topological polar surface area (TPSA) is 52.7 Å². The van der Waals surface area contributed by atoms with Gasteiger partial charge in [-0.1, -0.05) is 20.8 Å². The summed E-state index contributed by atoms with van der Waals surface area (Å²) in [7, 11) is 0. The predicted octanol–water partition coefficient (Wildman–Crippen LogP) is 2.34. The zero-order valence-corrected chi connectivity index (χ0v) is 13.8. The van der Waals surface area contributed by atoms with Gasteiger partial charge in [0.1, 0.15) is 0 Å². The minimum atomic E-state index is -0.317. The van der Waals surface area contributed by atoms with E-state index in [0.29, 0.717) is 0 Å². The van der Waals surface area contributed by atoms with Crippen molar-refractivity contribution < 1.29 is 9.59 Å². The highest BCUT2D eigenvalue weighted by Gasteiger charge is 2.29. The Balaban J connectivity index is 1.94. The van der Waals surface area contributed by atoms with Crippen LogP contribution in [0.25, 0.3) is 0 Å². The van der Waals surface area contributed by atoms with Gasteiger partial charge in [-0.3, -0.25) is 9.59 Å². The van der Waals surface area contributed by atoms with Gasteiger partial charge in [0.25, 0.3) is 0 Å². The van der Waals surface area contributed by atoms with E-state index in [4.69, 9.17) is 0 Å². The highest BCUT2D eigenvalue weighted by atomic mass is 16.2. The molecule has 1 aliphatic heterocycles. The largest absolute Gasteiger partial charge is 0.368 e. The van der Waals surface area contributed by atoms with E-state index in [9.17, 15) is 9.59 Å². The van der Waals surface area contributed by atoms with Crippen LogP contribution in [-0.2, 0) is 9.59 Å². The predicted molar refractivity (Wildman–Crippen MR) is 89.0 cm³/mol. The summed E-state index contributed by atoms with van der Waals surface area (Å²) in [5.74, 6) is 0.148. The number of nitrogens with one attached hydrogen (secondary N) is 1. The molecule has 1 fully saturated rings. The Labute approximate surface area is 132 Å². The molecule has 5 heteroatoms. The summed E-state index contributed by atoms with van der Waals surface area (Å²) in [5.41, 5.74) is 1.61. The van der Waals surface area contributed by atoms with E-state index in [2.05, 4.69) is 10.2 Å². The van der Waals surface area contributed by atoms with Crippen molar-refractivity contribution in [2.75, 3.05) is 36.4 Å². The maximum Gasteiger partial charge on any atom is 0.228 e. The molecule has 0 radical (unpaired) electrons. The average molecular weight is 303 g/mol. The number of rotatable bonds is 2. The van der Waals surface area contributed by atoms with Crippen molar-refractivity contribution in [1.82, 2.24) is 4.90 Å². The molecule has 0 aromatic heterocycles. The van der Waals surface area contributed by atoms with Gasteiger partial charge in [0.15, 0.2) is 0 Å². The highest BCUT2D eigenvalue weighted by molar-refractivity contribution is 5.88. The van der Waals surface area contributed by atoms with Crippen LogP contribution in [0.5, 0.6) is 0 Å². The highest BCUT2D eigenvalue weighted by Crippen LogP contribution is 2.22. The smallest absolute Gasteiger partial charge is 0.228 e. The van der Waals surface area contributed by atoms with Gasteiger partial charge in [-0.05, 0) is 24.3 Å². The fraction of sp³-hybridized carbons (Fsp3) is 0.529. The summed E-state index contributed by atoms with van der Waals surface area (Å²) in [6.45, 7) is 10.6. The molecule has 2 rings (SSSR count). The van der Waals surface area contributed by atoms with Crippen LogP contribution in [0.3, 0.4) is 0 Å². The van der Waals surface area contributed by atoms with E-state index < -0.39 is 0 Å².